The molecular weight excluding hydrogens is 278 g/mol. The molecule has 0 spiro atoms. The Bertz CT molecular complexity index is 843. The van der Waals surface area contributed by atoms with Gasteiger partial charge in [0.1, 0.15) is 6.29 Å². The van der Waals surface area contributed by atoms with Gasteiger partial charge >= 0.3 is 0 Å². The van der Waals surface area contributed by atoms with Crippen LogP contribution in [-0.2, 0) is 0 Å². The van der Waals surface area contributed by atoms with Crippen molar-refractivity contribution in [3.8, 4) is 22.6 Å². The Morgan fingerprint density at radius 3 is 2.59 bits per heavy atom. The van der Waals surface area contributed by atoms with Gasteiger partial charge in [-0.05, 0) is 24.3 Å². The fourth-order valence-corrected chi connectivity index (χ4v) is 2.49. The first-order chi connectivity index (χ1) is 10.8. The Morgan fingerprint density at radius 1 is 1.05 bits per heavy atom. The molecule has 0 N–H and O–H groups in total. The van der Waals surface area contributed by atoms with E-state index in [-0.39, 0.29) is 0 Å². The van der Waals surface area contributed by atoms with Crippen LogP contribution in [0.3, 0.4) is 0 Å². The van der Waals surface area contributed by atoms with E-state index >= 15 is 0 Å². The predicted molar refractivity (Wildman–Crippen MR) is 85.7 cm³/mol. The van der Waals surface area contributed by atoms with Gasteiger partial charge in [-0.2, -0.15) is 0 Å². The van der Waals surface area contributed by atoms with E-state index in [1.54, 1.807) is 32.5 Å². The van der Waals surface area contributed by atoms with Gasteiger partial charge in [0.2, 0.25) is 0 Å². The highest BCUT2D eigenvalue weighted by Crippen LogP contribution is 2.39. The third kappa shape index (κ3) is 2.39. The zero-order valence-electron chi connectivity index (χ0n) is 12.4. The van der Waals surface area contributed by atoms with E-state index < -0.39 is 0 Å². The number of carbonyl (C=O) groups excluding carboxylic acids is 1. The van der Waals surface area contributed by atoms with Crippen LogP contribution in [0.2, 0.25) is 0 Å². The molecule has 22 heavy (non-hydrogen) atoms. The van der Waals surface area contributed by atoms with Crippen molar-refractivity contribution in [2.45, 2.75) is 0 Å². The molecule has 0 aliphatic carbocycles. The number of benzene rings is 2. The third-order valence-electron chi connectivity index (χ3n) is 3.54. The Hall–Kier alpha value is -2.88. The highest BCUT2D eigenvalue weighted by Gasteiger charge is 2.14. The van der Waals surface area contributed by atoms with E-state index in [1.807, 2.05) is 30.3 Å². The number of fused-ring (bicyclic) bond motifs is 1. The lowest BCUT2D eigenvalue weighted by Gasteiger charge is -2.14. The SMILES string of the molecule is COc1cc(C=O)cc(-c2cnc3ccccc3c2)c1OC. The molecule has 0 fully saturated rings. The third-order valence-corrected chi connectivity index (χ3v) is 3.54. The monoisotopic (exact) mass is 293 g/mol. The Morgan fingerprint density at radius 2 is 1.86 bits per heavy atom. The summed E-state index contributed by atoms with van der Waals surface area (Å²) in [7, 11) is 3.13. The molecule has 3 rings (SSSR count). The van der Waals surface area contributed by atoms with Gasteiger partial charge in [0.15, 0.2) is 11.5 Å². The number of nitrogens with zero attached hydrogens (tertiary/aromatic N) is 1. The number of rotatable bonds is 4. The van der Waals surface area contributed by atoms with E-state index in [0.717, 1.165) is 28.3 Å². The van der Waals surface area contributed by atoms with Gasteiger partial charge in [-0.25, -0.2) is 0 Å². The first kappa shape index (κ1) is 14.1. The predicted octanol–water partition coefficient (Wildman–Crippen LogP) is 3.73. The van der Waals surface area contributed by atoms with Gasteiger partial charge < -0.3 is 9.47 Å². The molecule has 0 radical (unpaired) electrons. The van der Waals surface area contributed by atoms with Crippen molar-refractivity contribution in [2.75, 3.05) is 14.2 Å². The molecule has 0 unspecified atom stereocenters. The molecule has 1 aromatic heterocycles. The molecule has 4 heteroatoms. The molecule has 0 amide bonds. The summed E-state index contributed by atoms with van der Waals surface area (Å²) < 4.78 is 10.8. The van der Waals surface area contributed by atoms with Crippen molar-refractivity contribution in [3.63, 3.8) is 0 Å². The maximum atomic E-state index is 11.2. The highest BCUT2D eigenvalue weighted by molar-refractivity contribution is 5.88. The summed E-state index contributed by atoms with van der Waals surface area (Å²) in [4.78, 5) is 15.6. The molecular formula is C18H15NO3. The normalized spacial score (nSPS) is 10.5. The Kier molecular flexibility index (Phi) is 3.74. The standard InChI is InChI=1S/C18H15NO3/c1-21-17-8-12(11-20)7-15(18(17)22-2)14-9-13-5-3-4-6-16(13)19-10-14/h3-11H,1-2H3. The summed E-state index contributed by atoms with van der Waals surface area (Å²) >= 11 is 0. The average Bonchev–Trinajstić information content (AvgIpc) is 2.59. The number of hydrogen-bond acceptors (Lipinski definition) is 4. The van der Waals surface area contributed by atoms with Crippen molar-refractivity contribution >= 4 is 17.2 Å². The van der Waals surface area contributed by atoms with Crippen LogP contribution in [0.1, 0.15) is 10.4 Å². The van der Waals surface area contributed by atoms with Crippen LogP contribution < -0.4 is 9.47 Å². The van der Waals surface area contributed by atoms with Gasteiger partial charge in [0.05, 0.1) is 19.7 Å². The number of para-hydroxylation sites is 1. The number of aromatic nitrogens is 1. The molecule has 0 atom stereocenters. The van der Waals surface area contributed by atoms with Gasteiger partial charge in [-0.15, -0.1) is 0 Å². The molecule has 0 bridgehead atoms. The number of pyridine rings is 1. The average molecular weight is 293 g/mol. The molecule has 1 heterocycles. The fraction of sp³-hybridized carbons (Fsp3) is 0.111. The second kappa shape index (κ2) is 5.85. The molecule has 3 aromatic rings. The lowest BCUT2D eigenvalue weighted by molar-refractivity contribution is 0.112. The highest BCUT2D eigenvalue weighted by atomic mass is 16.5. The van der Waals surface area contributed by atoms with Gasteiger partial charge in [0, 0.05) is 28.3 Å². The molecule has 4 nitrogen and oxygen atoms in total. The zero-order chi connectivity index (χ0) is 15.5. The summed E-state index contributed by atoms with van der Waals surface area (Å²) in [5.74, 6) is 1.11. The minimum absolute atomic E-state index is 0.523. The van der Waals surface area contributed by atoms with Gasteiger partial charge in [-0.1, -0.05) is 18.2 Å². The molecule has 0 aliphatic rings. The largest absolute Gasteiger partial charge is 0.493 e. The molecule has 110 valence electrons. The van der Waals surface area contributed by atoms with Crippen LogP contribution in [0.5, 0.6) is 11.5 Å². The minimum atomic E-state index is 0.523. The molecule has 0 aliphatic heterocycles. The Labute approximate surface area is 128 Å². The van der Waals surface area contributed by atoms with Crippen LogP contribution >= 0.6 is 0 Å². The lowest BCUT2D eigenvalue weighted by Crippen LogP contribution is -1.96. The van der Waals surface area contributed by atoms with Crippen molar-refractivity contribution in [1.82, 2.24) is 4.98 Å². The van der Waals surface area contributed by atoms with Crippen molar-refractivity contribution in [1.29, 1.82) is 0 Å². The van der Waals surface area contributed by atoms with Crippen LogP contribution in [0, 0.1) is 0 Å². The molecule has 0 saturated carbocycles. The van der Waals surface area contributed by atoms with E-state index in [9.17, 15) is 4.79 Å². The van der Waals surface area contributed by atoms with Crippen molar-refractivity contribution < 1.29 is 14.3 Å². The second-order valence-electron chi connectivity index (χ2n) is 4.84. The number of hydrogen-bond donors (Lipinski definition) is 0. The molecule has 2 aromatic carbocycles. The summed E-state index contributed by atoms with van der Waals surface area (Å²) in [6.45, 7) is 0. The number of carbonyl (C=O) groups is 1. The maximum absolute atomic E-state index is 11.2. The summed E-state index contributed by atoms with van der Waals surface area (Å²) in [5, 5.41) is 1.03. The van der Waals surface area contributed by atoms with Crippen LogP contribution in [0.15, 0.2) is 48.7 Å². The summed E-state index contributed by atoms with van der Waals surface area (Å²) in [6, 6.07) is 13.3. The quantitative estimate of drug-likeness (QED) is 0.688. The van der Waals surface area contributed by atoms with E-state index in [0.29, 0.717) is 17.1 Å². The van der Waals surface area contributed by atoms with E-state index in [4.69, 9.17) is 9.47 Å². The first-order valence-electron chi connectivity index (χ1n) is 6.83. The first-order valence-corrected chi connectivity index (χ1v) is 6.83. The maximum Gasteiger partial charge on any atom is 0.168 e. The van der Waals surface area contributed by atoms with Crippen LogP contribution in [0.4, 0.5) is 0 Å². The lowest BCUT2D eigenvalue weighted by atomic mass is 10.0. The van der Waals surface area contributed by atoms with Gasteiger partial charge in [0.25, 0.3) is 0 Å². The smallest absolute Gasteiger partial charge is 0.168 e. The Balaban J connectivity index is 2.25. The second-order valence-corrected chi connectivity index (χ2v) is 4.84. The molecule has 0 saturated heterocycles. The summed E-state index contributed by atoms with van der Waals surface area (Å²) in [6.07, 6.45) is 2.56. The van der Waals surface area contributed by atoms with Gasteiger partial charge in [-0.3, -0.25) is 9.78 Å². The van der Waals surface area contributed by atoms with E-state index in [1.165, 1.54) is 0 Å². The van der Waals surface area contributed by atoms with Crippen LogP contribution in [0.25, 0.3) is 22.0 Å². The van der Waals surface area contributed by atoms with Crippen molar-refractivity contribution in [3.05, 3.63) is 54.2 Å². The van der Waals surface area contributed by atoms with E-state index in [2.05, 4.69) is 4.98 Å². The topological polar surface area (TPSA) is 48.4 Å². The fourth-order valence-electron chi connectivity index (χ4n) is 2.49. The minimum Gasteiger partial charge on any atom is -0.493 e. The zero-order valence-corrected chi connectivity index (χ0v) is 12.4. The van der Waals surface area contributed by atoms with Crippen molar-refractivity contribution in [2.24, 2.45) is 0 Å². The number of aldehydes is 1. The summed E-state index contributed by atoms with van der Waals surface area (Å²) in [5.41, 5.74) is 3.10. The van der Waals surface area contributed by atoms with Crippen LogP contribution in [-0.4, -0.2) is 25.5 Å². The number of ether oxygens (including phenoxy) is 2. The number of methoxy groups -OCH3 is 2.